The van der Waals surface area contributed by atoms with Gasteiger partial charge in [0.2, 0.25) is 0 Å². The fourth-order valence-electron chi connectivity index (χ4n) is 5.75. The lowest BCUT2D eigenvalue weighted by molar-refractivity contribution is -0.138. The summed E-state index contributed by atoms with van der Waals surface area (Å²) in [6.07, 6.45) is -4.19. The zero-order chi connectivity index (χ0) is 28.1. The summed E-state index contributed by atoms with van der Waals surface area (Å²) in [4.78, 5) is 11.1. The maximum absolute atomic E-state index is 14.3. The average molecular weight is 541 g/mol. The van der Waals surface area contributed by atoms with Gasteiger partial charge in [0.15, 0.2) is 5.84 Å². The summed E-state index contributed by atoms with van der Waals surface area (Å²) in [5, 5.41) is 21.2. The molecule has 0 spiro atoms. The number of carboxylic acid groups (broad SMARTS) is 1. The molecule has 0 aromatic heterocycles. The molecule has 0 bridgehead atoms. The van der Waals surface area contributed by atoms with Crippen LogP contribution in [-0.4, -0.2) is 28.7 Å². The molecule has 7 nitrogen and oxygen atoms in total. The number of amidine groups is 1. The predicted octanol–water partition coefficient (Wildman–Crippen LogP) is 6.10. The topological polar surface area (TPSA) is 114 Å². The van der Waals surface area contributed by atoms with Crippen molar-refractivity contribution in [2.75, 3.05) is 6.61 Å². The van der Waals surface area contributed by atoms with Crippen LogP contribution in [0.3, 0.4) is 0 Å². The highest BCUT2D eigenvalue weighted by molar-refractivity contribution is 5.98. The number of rotatable bonds is 6. The third kappa shape index (κ3) is 4.86. The first-order chi connectivity index (χ1) is 18.5. The van der Waals surface area contributed by atoms with Gasteiger partial charge in [-0.05, 0) is 84.3 Å². The SMILES string of the molecule is Cc1cc(/C(N)=N/O)cc(C)c1-c1c(C(F)(F)F)ccc2c1CC[C@H]2Oc1ccc2c(c1)OC[C@H]2CC(=O)O. The smallest absolute Gasteiger partial charge is 0.417 e. The van der Waals surface area contributed by atoms with Crippen molar-refractivity contribution in [1.29, 1.82) is 0 Å². The van der Waals surface area contributed by atoms with Crippen LogP contribution in [0.1, 0.15) is 63.8 Å². The number of ether oxygens (including phenoxy) is 2. The number of aliphatic carboxylic acids is 1. The minimum absolute atomic E-state index is 0.0350. The molecule has 0 unspecified atom stereocenters. The van der Waals surface area contributed by atoms with Gasteiger partial charge in [0, 0.05) is 23.1 Å². The van der Waals surface area contributed by atoms with Crippen molar-refractivity contribution < 1.29 is 37.8 Å². The Kier molecular flexibility index (Phi) is 6.65. The van der Waals surface area contributed by atoms with Crippen LogP contribution in [0, 0.1) is 13.8 Å². The molecule has 0 saturated carbocycles. The molecule has 0 amide bonds. The van der Waals surface area contributed by atoms with E-state index in [4.69, 9.17) is 25.5 Å². The van der Waals surface area contributed by atoms with E-state index in [9.17, 15) is 18.0 Å². The molecule has 5 rings (SSSR count). The number of hydrogen-bond donors (Lipinski definition) is 3. The van der Waals surface area contributed by atoms with Crippen molar-refractivity contribution in [2.24, 2.45) is 10.9 Å². The van der Waals surface area contributed by atoms with Gasteiger partial charge >= 0.3 is 12.1 Å². The fourth-order valence-corrected chi connectivity index (χ4v) is 5.75. The van der Waals surface area contributed by atoms with Gasteiger partial charge in [-0.1, -0.05) is 17.3 Å². The molecule has 3 aromatic rings. The van der Waals surface area contributed by atoms with Crippen LogP contribution < -0.4 is 15.2 Å². The highest BCUT2D eigenvalue weighted by Crippen LogP contribution is 2.48. The summed E-state index contributed by atoms with van der Waals surface area (Å²) in [6.45, 7) is 3.69. The highest BCUT2D eigenvalue weighted by atomic mass is 19.4. The number of carbonyl (C=O) groups is 1. The molecule has 1 aliphatic carbocycles. The van der Waals surface area contributed by atoms with Gasteiger partial charge < -0.3 is 25.5 Å². The van der Waals surface area contributed by atoms with Crippen molar-refractivity contribution in [3.05, 3.63) is 81.4 Å². The second-order valence-corrected chi connectivity index (χ2v) is 9.97. The zero-order valence-electron chi connectivity index (χ0n) is 21.3. The van der Waals surface area contributed by atoms with E-state index in [1.807, 2.05) is 0 Å². The molecule has 1 aliphatic heterocycles. The van der Waals surface area contributed by atoms with E-state index in [-0.39, 0.29) is 30.3 Å². The molecule has 204 valence electrons. The molecular formula is C29H27F3N2O5. The lowest BCUT2D eigenvalue weighted by atomic mass is 9.85. The Morgan fingerprint density at radius 3 is 2.44 bits per heavy atom. The summed E-state index contributed by atoms with van der Waals surface area (Å²) in [6, 6.07) is 11.1. The van der Waals surface area contributed by atoms with Gasteiger partial charge in [-0.15, -0.1) is 0 Å². The van der Waals surface area contributed by atoms with E-state index in [2.05, 4.69) is 5.16 Å². The third-order valence-electron chi connectivity index (χ3n) is 7.41. The van der Waals surface area contributed by atoms with E-state index in [0.29, 0.717) is 57.7 Å². The minimum Gasteiger partial charge on any atom is -0.492 e. The van der Waals surface area contributed by atoms with Crippen LogP contribution >= 0.6 is 0 Å². The molecule has 0 fully saturated rings. The molecule has 39 heavy (non-hydrogen) atoms. The number of carboxylic acids is 1. The normalized spacial score (nSPS) is 18.4. The summed E-state index contributed by atoms with van der Waals surface area (Å²) in [5.41, 5.74) is 9.23. The number of aryl methyl sites for hydroxylation is 2. The van der Waals surface area contributed by atoms with E-state index in [1.165, 1.54) is 6.07 Å². The number of nitrogens with zero attached hydrogens (tertiary/aromatic N) is 1. The second kappa shape index (κ2) is 9.83. The Bertz CT molecular complexity index is 1480. The highest BCUT2D eigenvalue weighted by Gasteiger charge is 2.39. The maximum atomic E-state index is 14.3. The van der Waals surface area contributed by atoms with Gasteiger partial charge in [0.1, 0.15) is 17.6 Å². The predicted molar refractivity (Wildman–Crippen MR) is 137 cm³/mol. The first kappa shape index (κ1) is 26.4. The first-order valence-corrected chi connectivity index (χ1v) is 12.5. The molecule has 0 radical (unpaired) electrons. The van der Waals surface area contributed by atoms with Crippen molar-refractivity contribution in [2.45, 2.75) is 51.3 Å². The van der Waals surface area contributed by atoms with E-state index >= 15 is 0 Å². The number of hydrogen-bond acceptors (Lipinski definition) is 5. The summed E-state index contributed by atoms with van der Waals surface area (Å²) < 4.78 is 54.7. The molecule has 0 saturated heterocycles. The molecule has 10 heteroatoms. The summed E-state index contributed by atoms with van der Waals surface area (Å²) >= 11 is 0. The molecule has 1 heterocycles. The van der Waals surface area contributed by atoms with Crippen LogP contribution in [-0.2, 0) is 17.4 Å². The van der Waals surface area contributed by atoms with Gasteiger partial charge in [0.25, 0.3) is 0 Å². The maximum Gasteiger partial charge on any atom is 0.417 e. The number of alkyl halides is 3. The van der Waals surface area contributed by atoms with Crippen molar-refractivity contribution in [3.63, 3.8) is 0 Å². The van der Waals surface area contributed by atoms with Crippen LogP contribution in [0.4, 0.5) is 13.2 Å². The Morgan fingerprint density at radius 2 is 1.79 bits per heavy atom. The van der Waals surface area contributed by atoms with E-state index < -0.39 is 23.8 Å². The largest absolute Gasteiger partial charge is 0.492 e. The number of halogens is 3. The Morgan fingerprint density at radius 1 is 1.10 bits per heavy atom. The molecular weight excluding hydrogens is 513 g/mol. The molecule has 2 aliphatic rings. The monoisotopic (exact) mass is 540 g/mol. The van der Waals surface area contributed by atoms with Gasteiger partial charge in [0.05, 0.1) is 18.6 Å². The van der Waals surface area contributed by atoms with Crippen molar-refractivity contribution in [1.82, 2.24) is 0 Å². The number of benzene rings is 3. The fraction of sp³-hybridized carbons (Fsp3) is 0.310. The van der Waals surface area contributed by atoms with Gasteiger partial charge in [-0.3, -0.25) is 4.79 Å². The van der Waals surface area contributed by atoms with Crippen LogP contribution in [0.2, 0.25) is 0 Å². The van der Waals surface area contributed by atoms with Crippen molar-refractivity contribution >= 4 is 11.8 Å². The lowest BCUT2D eigenvalue weighted by Gasteiger charge is -2.22. The molecule has 3 aromatic carbocycles. The van der Waals surface area contributed by atoms with Crippen LogP contribution in [0.5, 0.6) is 11.5 Å². The number of nitrogens with two attached hydrogens (primary N) is 1. The number of fused-ring (bicyclic) bond motifs is 2. The summed E-state index contributed by atoms with van der Waals surface area (Å²) in [5.74, 6) is -0.206. The van der Waals surface area contributed by atoms with Gasteiger partial charge in [-0.2, -0.15) is 13.2 Å². The summed E-state index contributed by atoms with van der Waals surface area (Å²) in [7, 11) is 0. The Hall–Kier alpha value is -4.21. The number of oxime groups is 1. The van der Waals surface area contributed by atoms with E-state index in [0.717, 1.165) is 11.6 Å². The van der Waals surface area contributed by atoms with Crippen molar-refractivity contribution in [3.8, 4) is 22.6 Å². The zero-order valence-corrected chi connectivity index (χ0v) is 21.3. The van der Waals surface area contributed by atoms with Gasteiger partial charge in [-0.25, -0.2) is 0 Å². The molecule has 4 N–H and O–H groups in total. The minimum atomic E-state index is -4.57. The Balaban J connectivity index is 1.53. The quantitative estimate of drug-likeness (QED) is 0.151. The Labute approximate surface area is 222 Å². The first-order valence-electron chi connectivity index (χ1n) is 12.5. The van der Waals surface area contributed by atoms with E-state index in [1.54, 1.807) is 44.2 Å². The lowest BCUT2D eigenvalue weighted by Crippen LogP contribution is -2.15. The standard InChI is InChI=1S/C29H27F3N2O5/c1-14-9-16(28(33)34-37)10-15(2)26(14)27-21-6-8-23(20(21)5-7-22(27)29(30,31)32)39-18-3-4-19-17(11-25(35)36)13-38-24(19)12-18/h3-5,7,9-10,12,17,23,37H,6,8,11,13H2,1-2H3,(H2,33,34)(H,35,36)/t17-,23-/m1/s1. The molecule has 2 atom stereocenters. The second-order valence-electron chi connectivity index (χ2n) is 9.97. The third-order valence-corrected chi connectivity index (χ3v) is 7.41. The average Bonchev–Trinajstić information content (AvgIpc) is 3.46. The van der Waals surface area contributed by atoms with Crippen LogP contribution in [0.15, 0.2) is 47.6 Å². The van der Waals surface area contributed by atoms with Crippen LogP contribution in [0.25, 0.3) is 11.1 Å².